The number of nitrogens with zero attached hydrogens (tertiary/aromatic N) is 5. The number of pyridine rings is 1. The standard InChI is InChI=1S/C25H20F3N5O2/c26-25(27,28)18-7-4-10-29-22(18)32-11-13-33(14-12-32)23-21(16-5-2-1-3-6-16)30-19-9-8-17(24(34)35)15-20(19)31-23/h1-10,15H,11-14H2,(H,34,35). The first-order valence-corrected chi connectivity index (χ1v) is 10.9. The summed E-state index contributed by atoms with van der Waals surface area (Å²) >= 11 is 0. The molecule has 0 unspecified atom stereocenters. The molecular formula is C25H20F3N5O2. The molecule has 5 rings (SSSR count). The second-order valence-electron chi connectivity index (χ2n) is 8.12. The molecule has 1 N–H and O–H groups in total. The number of fused-ring (bicyclic) bond motifs is 1. The van der Waals surface area contributed by atoms with Crippen molar-refractivity contribution in [1.82, 2.24) is 15.0 Å². The predicted octanol–water partition coefficient (Wildman–Crippen LogP) is 4.74. The SMILES string of the molecule is O=C(O)c1ccc2nc(-c3ccccc3)c(N3CCN(c4ncccc4C(F)(F)F)CC3)nc2c1. The molecule has 2 aromatic carbocycles. The van der Waals surface area contributed by atoms with E-state index in [1.165, 1.54) is 24.4 Å². The van der Waals surface area contributed by atoms with E-state index in [9.17, 15) is 23.1 Å². The van der Waals surface area contributed by atoms with E-state index in [0.717, 1.165) is 11.6 Å². The Balaban J connectivity index is 1.51. The molecule has 0 bridgehead atoms. The Labute approximate surface area is 198 Å². The van der Waals surface area contributed by atoms with Crippen molar-refractivity contribution in [1.29, 1.82) is 0 Å². The van der Waals surface area contributed by atoms with Crippen molar-refractivity contribution in [3.05, 3.63) is 78.0 Å². The molecule has 2 aromatic heterocycles. The number of carboxylic acids is 1. The summed E-state index contributed by atoms with van der Waals surface area (Å²) in [4.78, 5) is 28.6. The van der Waals surface area contributed by atoms with Crippen molar-refractivity contribution in [2.24, 2.45) is 0 Å². The molecule has 0 aliphatic carbocycles. The van der Waals surface area contributed by atoms with Crippen molar-refractivity contribution in [3.8, 4) is 11.3 Å². The van der Waals surface area contributed by atoms with E-state index in [1.54, 1.807) is 11.0 Å². The lowest BCUT2D eigenvalue weighted by Gasteiger charge is -2.37. The van der Waals surface area contributed by atoms with Gasteiger partial charge in [-0.05, 0) is 30.3 Å². The van der Waals surface area contributed by atoms with Crippen LogP contribution in [0.3, 0.4) is 0 Å². The van der Waals surface area contributed by atoms with E-state index < -0.39 is 17.7 Å². The third-order valence-corrected chi connectivity index (χ3v) is 5.91. The van der Waals surface area contributed by atoms with Gasteiger partial charge in [0, 0.05) is 37.9 Å². The number of aromatic nitrogens is 3. The van der Waals surface area contributed by atoms with Crippen LogP contribution in [0, 0.1) is 0 Å². The fourth-order valence-corrected chi connectivity index (χ4v) is 4.19. The summed E-state index contributed by atoms with van der Waals surface area (Å²) in [5.41, 5.74) is 1.80. The summed E-state index contributed by atoms with van der Waals surface area (Å²) in [6.07, 6.45) is -3.13. The van der Waals surface area contributed by atoms with Crippen LogP contribution in [0.2, 0.25) is 0 Å². The van der Waals surface area contributed by atoms with Gasteiger partial charge in [0.2, 0.25) is 0 Å². The average Bonchev–Trinajstić information content (AvgIpc) is 2.87. The summed E-state index contributed by atoms with van der Waals surface area (Å²) < 4.78 is 40.5. The smallest absolute Gasteiger partial charge is 0.419 e. The molecule has 10 heteroatoms. The summed E-state index contributed by atoms with van der Waals surface area (Å²) in [5.74, 6) is -0.589. The molecule has 0 radical (unpaired) electrons. The minimum absolute atomic E-state index is 0.0846. The average molecular weight is 479 g/mol. The first kappa shape index (κ1) is 22.6. The highest BCUT2D eigenvalue weighted by Crippen LogP contribution is 2.36. The van der Waals surface area contributed by atoms with E-state index >= 15 is 0 Å². The van der Waals surface area contributed by atoms with E-state index in [-0.39, 0.29) is 11.4 Å². The number of carboxylic acid groups (broad SMARTS) is 1. The second kappa shape index (κ2) is 8.86. The van der Waals surface area contributed by atoms with Gasteiger partial charge in [-0.1, -0.05) is 30.3 Å². The lowest BCUT2D eigenvalue weighted by molar-refractivity contribution is -0.137. The topological polar surface area (TPSA) is 82.5 Å². The maximum absolute atomic E-state index is 13.5. The zero-order chi connectivity index (χ0) is 24.6. The van der Waals surface area contributed by atoms with Crippen LogP contribution in [0.1, 0.15) is 15.9 Å². The molecule has 1 aliphatic rings. The summed E-state index contributed by atoms with van der Waals surface area (Å²) in [6.45, 7) is 1.41. The molecule has 178 valence electrons. The number of alkyl halides is 3. The molecule has 1 saturated heterocycles. The van der Waals surface area contributed by atoms with Crippen molar-refractivity contribution in [2.45, 2.75) is 6.18 Å². The fourth-order valence-electron chi connectivity index (χ4n) is 4.19. The van der Waals surface area contributed by atoms with E-state index in [0.29, 0.717) is 48.7 Å². The highest BCUT2D eigenvalue weighted by atomic mass is 19.4. The van der Waals surface area contributed by atoms with Gasteiger partial charge in [0.25, 0.3) is 0 Å². The fraction of sp³-hybridized carbons (Fsp3) is 0.200. The van der Waals surface area contributed by atoms with Crippen LogP contribution in [0.25, 0.3) is 22.3 Å². The zero-order valence-corrected chi connectivity index (χ0v) is 18.4. The molecule has 4 aromatic rings. The van der Waals surface area contributed by atoms with E-state index in [1.807, 2.05) is 35.2 Å². The predicted molar refractivity (Wildman–Crippen MR) is 126 cm³/mol. The molecule has 35 heavy (non-hydrogen) atoms. The molecule has 1 fully saturated rings. The van der Waals surface area contributed by atoms with Crippen LogP contribution in [-0.2, 0) is 6.18 Å². The molecule has 0 amide bonds. The minimum Gasteiger partial charge on any atom is -0.478 e. The van der Waals surface area contributed by atoms with Crippen molar-refractivity contribution < 1.29 is 23.1 Å². The largest absolute Gasteiger partial charge is 0.478 e. The van der Waals surface area contributed by atoms with Gasteiger partial charge in [0.05, 0.1) is 22.2 Å². The van der Waals surface area contributed by atoms with Crippen LogP contribution in [-0.4, -0.2) is 52.2 Å². The maximum atomic E-state index is 13.5. The number of anilines is 2. The van der Waals surface area contributed by atoms with Gasteiger partial charge in [0.1, 0.15) is 11.5 Å². The number of aromatic carboxylic acids is 1. The van der Waals surface area contributed by atoms with E-state index in [4.69, 9.17) is 9.97 Å². The number of benzene rings is 2. The van der Waals surface area contributed by atoms with Gasteiger partial charge in [0.15, 0.2) is 5.82 Å². The van der Waals surface area contributed by atoms with Crippen LogP contribution < -0.4 is 9.80 Å². The third-order valence-electron chi connectivity index (χ3n) is 5.91. The first-order chi connectivity index (χ1) is 16.8. The third kappa shape index (κ3) is 4.46. The van der Waals surface area contributed by atoms with Crippen molar-refractivity contribution in [3.63, 3.8) is 0 Å². The van der Waals surface area contributed by atoms with Crippen LogP contribution >= 0.6 is 0 Å². The first-order valence-electron chi connectivity index (χ1n) is 10.9. The zero-order valence-electron chi connectivity index (χ0n) is 18.4. The summed E-state index contributed by atoms with van der Waals surface area (Å²) in [6, 6.07) is 16.4. The van der Waals surface area contributed by atoms with Crippen molar-refractivity contribution in [2.75, 3.05) is 36.0 Å². The molecule has 0 atom stereocenters. The molecule has 1 aliphatic heterocycles. The second-order valence-corrected chi connectivity index (χ2v) is 8.12. The Morgan fingerprint density at radius 1 is 0.829 bits per heavy atom. The summed E-state index contributed by atoms with van der Waals surface area (Å²) in [7, 11) is 0. The number of halogens is 3. The molecule has 3 heterocycles. The Hall–Kier alpha value is -4.21. The Morgan fingerprint density at radius 2 is 1.51 bits per heavy atom. The number of hydrogen-bond donors (Lipinski definition) is 1. The van der Waals surface area contributed by atoms with Crippen LogP contribution in [0.5, 0.6) is 0 Å². The van der Waals surface area contributed by atoms with Gasteiger partial charge in [-0.15, -0.1) is 0 Å². The number of rotatable bonds is 4. The summed E-state index contributed by atoms with van der Waals surface area (Å²) in [5, 5.41) is 9.36. The molecule has 0 saturated carbocycles. The lowest BCUT2D eigenvalue weighted by atomic mass is 10.1. The monoisotopic (exact) mass is 479 g/mol. The van der Waals surface area contributed by atoms with Crippen LogP contribution in [0.4, 0.5) is 24.8 Å². The quantitative estimate of drug-likeness (QED) is 0.453. The van der Waals surface area contributed by atoms with Gasteiger partial charge in [-0.2, -0.15) is 13.2 Å². The van der Waals surface area contributed by atoms with Crippen LogP contribution in [0.15, 0.2) is 66.9 Å². The molecule has 0 spiro atoms. The van der Waals surface area contributed by atoms with Gasteiger partial charge in [-0.3, -0.25) is 0 Å². The van der Waals surface area contributed by atoms with E-state index in [2.05, 4.69) is 4.98 Å². The highest BCUT2D eigenvalue weighted by molar-refractivity contribution is 5.93. The Bertz CT molecular complexity index is 1390. The maximum Gasteiger partial charge on any atom is 0.419 e. The van der Waals surface area contributed by atoms with Crippen molar-refractivity contribution >= 4 is 28.6 Å². The Kier molecular flexibility index (Phi) is 5.72. The molecular weight excluding hydrogens is 459 g/mol. The number of carbonyl (C=O) groups is 1. The lowest BCUT2D eigenvalue weighted by Crippen LogP contribution is -2.47. The van der Waals surface area contributed by atoms with Gasteiger partial charge >= 0.3 is 12.1 Å². The minimum atomic E-state index is -4.49. The molecule has 7 nitrogen and oxygen atoms in total. The normalized spacial score (nSPS) is 14.4. The van der Waals surface area contributed by atoms with Gasteiger partial charge < -0.3 is 14.9 Å². The number of piperazine rings is 1. The highest BCUT2D eigenvalue weighted by Gasteiger charge is 2.36. The number of hydrogen-bond acceptors (Lipinski definition) is 6. The van der Waals surface area contributed by atoms with Gasteiger partial charge in [-0.25, -0.2) is 19.7 Å². The Morgan fingerprint density at radius 3 is 2.17 bits per heavy atom.